The Hall–Kier alpha value is -1.59. The molecule has 0 aromatic heterocycles. The van der Waals surface area contributed by atoms with Crippen LogP contribution >= 0.6 is 0 Å². The minimum absolute atomic E-state index is 0.251. The number of carbonyl (C=O) groups is 1. The van der Waals surface area contributed by atoms with Gasteiger partial charge in [0.25, 0.3) is 0 Å². The van der Waals surface area contributed by atoms with Crippen molar-refractivity contribution < 1.29 is 19.7 Å². The fraction of sp³-hybridized carbons (Fsp3) is 0.500. The largest absolute Gasteiger partial charge is 0.494 e. The predicted octanol–water partition coefficient (Wildman–Crippen LogP) is 1.12. The van der Waals surface area contributed by atoms with E-state index in [-0.39, 0.29) is 17.6 Å². The molecule has 1 aliphatic heterocycles. The van der Waals surface area contributed by atoms with Gasteiger partial charge in [-0.3, -0.25) is 0 Å². The molecule has 3 N–H and O–H groups in total. The predicted molar refractivity (Wildman–Crippen MR) is 70.5 cm³/mol. The van der Waals surface area contributed by atoms with Gasteiger partial charge < -0.3 is 20.3 Å². The highest BCUT2D eigenvalue weighted by atomic mass is 16.5. The first-order chi connectivity index (χ1) is 9.16. The van der Waals surface area contributed by atoms with Crippen LogP contribution in [-0.2, 0) is 0 Å². The van der Waals surface area contributed by atoms with Gasteiger partial charge >= 0.3 is 5.97 Å². The quantitative estimate of drug-likeness (QED) is 0.743. The molecule has 0 unspecified atom stereocenters. The molecular formula is C14H19NO4. The molecule has 0 amide bonds. The lowest BCUT2D eigenvalue weighted by Crippen LogP contribution is -2.40. The molecule has 0 radical (unpaired) electrons. The zero-order valence-electron chi connectivity index (χ0n) is 10.7. The van der Waals surface area contributed by atoms with E-state index in [2.05, 4.69) is 5.32 Å². The van der Waals surface area contributed by atoms with Crippen LogP contribution in [-0.4, -0.2) is 42.0 Å². The Morgan fingerprint density at radius 3 is 2.74 bits per heavy atom. The van der Waals surface area contributed by atoms with Crippen LogP contribution in [0.25, 0.3) is 0 Å². The minimum atomic E-state index is -0.940. The van der Waals surface area contributed by atoms with E-state index >= 15 is 0 Å². The molecular weight excluding hydrogens is 246 g/mol. The summed E-state index contributed by atoms with van der Waals surface area (Å²) in [5.74, 6) is -0.00246. The lowest BCUT2D eigenvalue weighted by atomic mass is 9.92. The van der Waals surface area contributed by atoms with Crippen molar-refractivity contribution in [3.05, 3.63) is 29.8 Å². The van der Waals surface area contributed by atoms with Crippen LogP contribution < -0.4 is 10.1 Å². The molecule has 0 saturated carbocycles. The highest BCUT2D eigenvalue weighted by molar-refractivity contribution is 5.87. The Kier molecular flexibility index (Phi) is 4.76. The number of hydrogen-bond acceptors (Lipinski definition) is 4. The molecule has 1 saturated heterocycles. The van der Waals surface area contributed by atoms with Gasteiger partial charge in [0.2, 0.25) is 0 Å². The van der Waals surface area contributed by atoms with Gasteiger partial charge in [0.05, 0.1) is 18.3 Å². The molecule has 0 spiro atoms. The summed E-state index contributed by atoms with van der Waals surface area (Å²) < 4.78 is 5.57. The van der Waals surface area contributed by atoms with Crippen molar-refractivity contribution in [3.63, 3.8) is 0 Å². The minimum Gasteiger partial charge on any atom is -0.494 e. The third-order valence-corrected chi connectivity index (χ3v) is 3.45. The van der Waals surface area contributed by atoms with Crippen molar-refractivity contribution >= 4 is 5.97 Å². The molecule has 1 heterocycles. The van der Waals surface area contributed by atoms with E-state index in [1.165, 1.54) is 12.1 Å². The fourth-order valence-electron chi connectivity index (χ4n) is 2.26. The third-order valence-electron chi connectivity index (χ3n) is 3.45. The summed E-state index contributed by atoms with van der Waals surface area (Å²) in [5.41, 5.74) is 0.251. The highest BCUT2D eigenvalue weighted by Crippen LogP contribution is 2.18. The van der Waals surface area contributed by atoms with Crippen LogP contribution in [0.15, 0.2) is 24.3 Å². The first-order valence-electron chi connectivity index (χ1n) is 6.52. The molecule has 0 aliphatic carbocycles. The van der Waals surface area contributed by atoms with E-state index in [9.17, 15) is 9.90 Å². The van der Waals surface area contributed by atoms with Crippen molar-refractivity contribution in [2.24, 2.45) is 5.92 Å². The number of rotatable bonds is 5. The first kappa shape index (κ1) is 13.8. The lowest BCUT2D eigenvalue weighted by molar-refractivity contribution is 0.0681. The van der Waals surface area contributed by atoms with Crippen LogP contribution in [0.5, 0.6) is 5.75 Å². The van der Waals surface area contributed by atoms with Gasteiger partial charge in [-0.05, 0) is 49.6 Å². The Morgan fingerprint density at radius 2 is 2.11 bits per heavy atom. The summed E-state index contributed by atoms with van der Waals surface area (Å²) in [7, 11) is 0. The van der Waals surface area contributed by atoms with E-state index in [0.29, 0.717) is 18.9 Å². The molecule has 0 bridgehead atoms. The number of aliphatic hydroxyl groups is 1. The van der Waals surface area contributed by atoms with E-state index in [1.54, 1.807) is 12.1 Å². The van der Waals surface area contributed by atoms with E-state index < -0.39 is 5.97 Å². The normalized spacial score (nSPS) is 23.0. The average Bonchev–Trinajstić information content (AvgIpc) is 2.41. The maximum atomic E-state index is 10.7. The summed E-state index contributed by atoms with van der Waals surface area (Å²) in [5, 5.41) is 21.7. The second kappa shape index (κ2) is 6.54. The SMILES string of the molecule is O=C(O)c1ccc(OCC[C@@H]2CCNC[C@@H]2O)cc1. The van der Waals surface area contributed by atoms with Crippen LogP contribution in [0.2, 0.25) is 0 Å². The Morgan fingerprint density at radius 1 is 1.37 bits per heavy atom. The monoisotopic (exact) mass is 265 g/mol. The summed E-state index contributed by atoms with van der Waals surface area (Å²) in [6, 6.07) is 6.36. The van der Waals surface area contributed by atoms with Crippen molar-refractivity contribution in [1.29, 1.82) is 0 Å². The van der Waals surface area contributed by atoms with Gasteiger partial charge in [-0.1, -0.05) is 0 Å². The second-order valence-corrected chi connectivity index (χ2v) is 4.79. The number of nitrogens with one attached hydrogen (secondary N) is 1. The third kappa shape index (κ3) is 3.94. The number of β-amino-alcohol motifs (C(OH)–C–C–N with tert-alkyl or cyclic N) is 1. The van der Waals surface area contributed by atoms with Crippen LogP contribution in [0.4, 0.5) is 0 Å². The summed E-state index contributed by atoms with van der Waals surface area (Å²) >= 11 is 0. The van der Waals surface area contributed by atoms with Gasteiger partial charge in [-0.2, -0.15) is 0 Å². The zero-order valence-corrected chi connectivity index (χ0v) is 10.7. The van der Waals surface area contributed by atoms with E-state index in [1.807, 2.05) is 0 Å². The van der Waals surface area contributed by atoms with Gasteiger partial charge in [-0.15, -0.1) is 0 Å². The number of aromatic carboxylic acids is 1. The second-order valence-electron chi connectivity index (χ2n) is 4.79. The van der Waals surface area contributed by atoms with Crippen molar-refractivity contribution in [3.8, 4) is 5.75 Å². The number of carboxylic acid groups (broad SMARTS) is 1. The molecule has 1 aromatic rings. The topological polar surface area (TPSA) is 78.8 Å². The van der Waals surface area contributed by atoms with Crippen molar-refractivity contribution in [1.82, 2.24) is 5.32 Å². The summed E-state index contributed by atoms with van der Waals surface area (Å²) in [6.45, 7) is 2.13. The number of hydrogen-bond donors (Lipinski definition) is 3. The molecule has 1 aromatic carbocycles. The number of carboxylic acids is 1. The summed E-state index contributed by atoms with van der Waals surface area (Å²) in [4.78, 5) is 10.7. The van der Waals surface area contributed by atoms with Crippen LogP contribution in [0.3, 0.4) is 0 Å². The maximum Gasteiger partial charge on any atom is 0.335 e. The molecule has 5 nitrogen and oxygen atoms in total. The number of piperidine rings is 1. The van der Waals surface area contributed by atoms with E-state index in [4.69, 9.17) is 9.84 Å². The number of aliphatic hydroxyl groups excluding tert-OH is 1. The number of benzene rings is 1. The van der Waals surface area contributed by atoms with Crippen molar-refractivity contribution in [2.45, 2.75) is 18.9 Å². The highest BCUT2D eigenvalue weighted by Gasteiger charge is 2.22. The lowest BCUT2D eigenvalue weighted by Gasteiger charge is -2.28. The number of ether oxygens (including phenoxy) is 1. The molecule has 2 atom stereocenters. The molecule has 5 heteroatoms. The van der Waals surface area contributed by atoms with Crippen LogP contribution in [0, 0.1) is 5.92 Å². The zero-order chi connectivity index (χ0) is 13.7. The molecule has 1 fully saturated rings. The van der Waals surface area contributed by atoms with E-state index in [0.717, 1.165) is 19.4 Å². The standard InChI is InChI=1S/C14H19NO4/c16-13-9-15-7-5-10(13)6-8-19-12-3-1-11(2-4-12)14(17)18/h1-4,10,13,15-16H,5-9H2,(H,17,18)/t10-,13-/m0/s1. The smallest absolute Gasteiger partial charge is 0.335 e. The first-order valence-corrected chi connectivity index (χ1v) is 6.52. The molecule has 1 aliphatic rings. The fourth-order valence-corrected chi connectivity index (χ4v) is 2.26. The summed E-state index contributed by atoms with van der Waals surface area (Å²) in [6.07, 6.45) is 1.47. The Balaban J connectivity index is 1.77. The molecule has 104 valence electrons. The molecule has 19 heavy (non-hydrogen) atoms. The Labute approximate surface area is 112 Å². The average molecular weight is 265 g/mol. The van der Waals surface area contributed by atoms with Gasteiger partial charge in [-0.25, -0.2) is 4.79 Å². The Bertz CT molecular complexity index is 418. The van der Waals surface area contributed by atoms with Crippen LogP contribution in [0.1, 0.15) is 23.2 Å². The van der Waals surface area contributed by atoms with Gasteiger partial charge in [0.15, 0.2) is 0 Å². The maximum absolute atomic E-state index is 10.7. The molecule has 2 rings (SSSR count). The van der Waals surface area contributed by atoms with Gasteiger partial charge in [0, 0.05) is 6.54 Å². The van der Waals surface area contributed by atoms with Gasteiger partial charge in [0.1, 0.15) is 5.75 Å². The van der Waals surface area contributed by atoms with Crippen molar-refractivity contribution in [2.75, 3.05) is 19.7 Å².